The number of nitrogens with zero attached hydrogens (tertiary/aromatic N) is 1. The molecule has 0 heterocycles. The number of hydrogen-bond donors (Lipinski definition) is 1. The number of benzene rings is 1. The van der Waals surface area contributed by atoms with Gasteiger partial charge in [-0.25, -0.2) is 9.59 Å². The maximum Gasteiger partial charge on any atom is 0.330 e. The molecule has 0 saturated carbocycles. The zero-order valence-electron chi connectivity index (χ0n) is 19.9. The van der Waals surface area contributed by atoms with Gasteiger partial charge in [-0.1, -0.05) is 39.2 Å². The monoisotopic (exact) mass is 446 g/mol. The molecule has 32 heavy (non-hydrogen) atoms. The molecule has 0 bridgehead atoms. The van der Waals surface area contributed by atoms with Gasteiger partial charge in [0.15, 0.2) is 0 Å². The van der Waals surface area contributed by atoms with Gasteiger partial charge in [0.2, 0.25) is 0 Å². The highest BCUT2D eigenvalue weighted by Gasteiger charge is 2.26. The molecule has 0 fully saturated rings. The van der Waals surface area contributed by atoms with Crippen molar-refractivity contribution in [1.29, 1.82) is 0 Å². The van der Waals surface area contributed by atoms with Crippen LogP contribution in [0.3, 0.4) is 0 Å². The van der Waals surface area contributed by atoms with Crippen molar-refractivity contribution in [1.82, 2.24) is 10.2 Å². The van der Waals surface area contributed by atoms with Gasteiger partial charge >= 0.3 is 12.0 Å². The van der Waals surface area contributed by atoms with E-state index in [0.717, 1.165) is 25.3 Å². The van der Waals surface area contributed by atoms with Gasteiger partial charge in [-0.2, -0.15) is 0 Å². The van der Waals surface area contributed by atoms with Crippen LogP contribution in [0.4, 0.5) is 4.79 Å². The van der Waals surface area contributed by atoms with Crippen LogP contribution in [0.1, 0.15) is 76.6 Å². The van der Waals surface area contributed by atoms with E-state index in [4.69, 9.17) is 9.47 Å². The molecule has 0 aromatic heterocycles. The lowest BCUT2D eigenvalue weighted by Gasteiger charge is -2.27. The Hall–Kier alpha value is -2.83. The number of amides is 3. The molecule has 0 aliphatic heterocycles. The third-order valence-electron chi connectivity index (χ3n) is 4.88. The minimum absolute atomic E-state index is 0.00920. The van der Waals surface area contributed by atoms with Crippen molar-refractivity contribution in [3.05, 3.63) is 42.5 Å². The Balaban J connectivity index is 2.59. The van der Waals surface area contributed by atoms with Crippen LogP contribution in [-0.2, 0) is 9.53 Å². The molecule has 1 N–H and O–H groups in total. The predicted molar refractivity (Wildman–Crippen MR) is 126 cm³/mol. The largest absolute Gasteiger partial charge is 0.493 e. The van der Waals surface area contributed by atoms with Crippen LogP contribution >= 0.6 is 0 Å². The number of carbonyl (C=O) groups is 3. The molecule has 0 saturated heterocycles. The third kappa shape index (κ3) is 9.98. The van der Waals surface area contributed by atoms with Gasteiger partial charge in [0.1, 0.15) is 5.75 Å². The first-order valence-corrected chi connectivity index (χ1v) is 11.5. The predicted octanol–water partition coefficient (Wildman–Crippen LogP) is 5.10. The fourth-order valence-electron chi connectivity index (χ4n) is 3.10. The number of unbranched alkanes of at least 4 members (excludes halogenated alkanes) is 3. The molecule has 178 valence electrons. The van der Waals surface area contributed by atoms with E-state index < -0.39 is 5.97 Å². The molecule has 1 unspecified atom stereocenters. The highest BCUT2D eigenvalue weighted by molar-refractivity contribution is 6.04. The summed E-state index contributed by atoms with van der Waals surface area (Å²) in [6.07, 6.45) is 7.13. The van der Waals surface area contributed by atoms with Crippen molar-refractivity contribution in [2.24, 2.45) is 0 Å². The minimum Gasteiger partial charge on any atom is -0.493 e. The van der Waals surface area contributed by atoms with E-state index in [1.54, 1.807) is 24.3 Å². The lowest BCUT2D eigenvalue weighted by Crippen LogP contribution is -2.50. The summed E-state index contributed by atoms with van der Waals surface area (Å²) in [5.74, 6) is -0.214. The van der Waals surface area contributed by atoms with E-state index >= 15 is 0 Å². The smallest absolute Gasteiger partial charge is 0.330 e. The Bertz CT molecular complexity index is 730. The molecule has 7 heteroatoms. The quantitative estimate of drug-likeness (QED) is 0.244. The number of rotatable bonds is 14. The van der Waals surface area contributed by atoms with Gasteiger partial charge in [-0.3, -0.25) is 9.69 Å². The summed E-state index contributed by atoms with van der Waals surface area (Å²) in [6, 6.07) is 6.03. The molecule has 0 aliphatic carbocycles. The number of carbonyl (C=O) groups excluding carboxylic acids is 3. The maximum atomic E-state index is 13.0. The molecule has 1 aromatic rings. The van der Waals surface area contributed by atoms with Gasteiger partial charge in [-0.15, -0.1) is 0 Å². The van der Waals surface area contributed by atoms with E-state index in [9.17, 15) is 14.4 Å². The number of imide groups is 1. The highest BCUT2D eigenvalue weighted by Crippen LogP contribution is 2.16. The molecule has 1 rings (SSSR count). The second-order valence-electron chi connectivity index (χ2n) is 8.07. The lowest BCUT2D eigenvalue weighted by molar-refractivity contribution is -0.137. The lowest BCUT2D eigenvalue weighted by atomic mass is 10.1. The van der Waals surface area contributed by atoms with Crippen LogP contribution < -0.4 is 10.1 Å². The molecule has 3 amide bonds. The minimum atomic E-state index is -0.461. The summed E-state index contributed by atoms with van der Waals surface area (Å²) >= 11 is 0. The van der Waals surface area contributed by atoms with Crippen molar-refractivity contribution in [2.45, 2.75) is 78.3 Å². The molecule has 0 aliphatic rings. The SMILES string of the molecule is C=CC(=O)OCCCOc1ccc(C(=O)N(C(=O)NC(C)CCCCCC)C(C)C)cc1. The number of esters is 1. The van der Waals surface area contributed by atoms with Crippen molar-refractivity contribution >= 4 is 17.9 Å². The normalized spacial score (nSPS) is 11.5. The fourth-order valence-corrected chi connectivity index (χ4v) is 3.10. The maximum absolute atomic E-state index is 13.0. The molecule has 7 nitrogen and oxygen atoms in total. The summed E-state index contributed by atoms with van der Waals surface area (Å²) in [5, 5.41) is 2.95. The topological polar surface area (TPSA) is 84.9 Å². The van der Waals surface area contributed by atoms with E-state index in [1.165, 1.54) is 17.7 Å². The zero-order valence-corrected chi connectivity index (χ0v) is 19.9. The zero-order chi connectivity index (χ0) is 23.9. The number of ether oxygens (including phenoxy) is 2. The van der Waals surface area contributed by atoms with Crippen LogP contribution in [-0.4, -0.2) is 48.1 Å². The van der Waals surface area contributed by atoms with Gasteiger partial charge in [0.25, 0.3) is 5.91 Å². The third-order valence-corrected chi connectivity index (χ3v) is 4.88. The van der Waals surface area contributed by atoms with Crippen LogP contribution in [0.5, 0.6) is 5.75 Å². The number of urea groups is 1. The Kier molecular flexibility index (Phi) is 12.8. The van der Waals surface area contributed by atoms with Crippen LogP contribution in [0, 0.1) is 0 Å². The molecule has 0 spiro atoms. The van der Waals surface area contributed by atoms with Crippen LogP contribution in [0.25, 0.3) is 0 Å². The molecular weight excluding hydrogens is 408 g/mol. The first-order valence-electron chi connectivity index (χ1n) is 11.5. The Morgan fingerprint density at radius 1 is 1.03 bits per heavy atom. The number of nitrogens with one attached hydrogen (secondary N) is 1. The summed E-state index contributed by atoms with van der Waals surface area (Å²) in [7, 11) is 0. The Morgan fingerprint density at radius 3 is 2.31 bits per heavy atom. The van der Waals surface area contributed by atoms with Crippen LogP contribution in [0.15, 0.2) is 36.9 Å². The summed E-state index contributed by atoms with van der Waals surface area (Å²) < 4.78 is 10.5. The Labute approximate surface area is 192 Å². The second kappa shape index (κ2) is 15.1. The highest BCUT2D eigenvalue weighted by atomic mass is 16.5. The van der Waals surface area contributed by atoms with Gasteiger partial charge < -0.3 is 14.8 Å². The summed E-state index contributed by atoms with van der Waals surface area (Å²) in [6.45, 7) is 11.7. The van der Waals surface area contributed by atoms with Crippen LogP contribution in [0.2, 0.25) is 0 Å². The fraction of sp³-hybridized carbons (Fsp3) is 0.560. The number of hydrogen-bond acceptors (Lipinski definition) is 5. The van der Waals surface area contributed by atoms with Gasteiger partial charge in [0.05, 0.1) is 13.2 Å². The van der Waals surface area contributed by atoms with E-state index in [-0.39, 0.29) is 30.6 Å². The van der Waals surface area contributed by atoms with Crippen molar-refractivity contribution in [3.8, 4) is 5.75 Å². The Morgan fingerprint density at radius 2 is 1.72 bits per heavy atom. The standard InChI is InChI=1S/C25H38N2O5/c1-6-8-9-10-12-20(5)26-25(30)27(19(3)4)24(29)21-13-15-22(16-14-21)31-17-11-18-32-23(28)7-2/h7,13-16,19-20H,2,6,8-12,17-18H2,1,3-5H3,(H,26,30). The van der Waals surface area contributed by atoms with E-state index in [0.29, 0.717) is 24.3 Å². The molecule has 1 aromatic carbocycles. The van der Waals surface area contributed by atoms with Gasteiger partial charge in [-0.05, 0) is 51.5 Å². The van der Waals surface area contributed by atoms with Gasteiger partial charge in [0, 0.05) is 30.1 Å². The average molecular weight is 447 g/mol. The summed E-state index contributed by atoms with van der Waals surface area (Å²) in [5.41, 5.74) is 0.414. The average Bonchev–Trinajstić information content (AvgIpc) is 2.76. The molecule has 0 radical (unpaired) electrons. The van der Waals surface area contributed by atoms with E-state index in [2.05, 4.69) is 18.8 Å². The van der Waals surface area contributed by atoms with Crippen molar-refractivity contribution in [2.75, 3.05) is 13.2 Å². The van der Waals surface area contributed by atoms with E-state index in [1.807, 2.05) is 20.8 Å². The molecule has 1 atom stereocenters. The van der Waals surface area contributed by atoms with Crippen molar-refractivity contribution < 1.29 is 23.9 Å². The summed E-state index contributed by atoms with van der Waals surface area (Å²) in [4.78, 5) is 38.0. The van der Waals surface area contributed by atoms with Crippen molar-refractivity contribution in [3.63, 3.8) is 0 Å². The molecular formula is C25H38N2O5. The second-order valence-corrected chi connectivity index (χ2v) is 8.07. The first kappa shape index (κ1) is 27.2. The first-order chi connectivity index (χ1) is 15.3.